The molecule has 2 aromatic carbocycles. The number of guanidine groups is 1. The highest BCUT2D eigenvalue weighted by Crippen LogP contribution is 2.27. The van der Waals surface area contributed by atoms with Crippen molar-refractivity contribution in [2.24, 2.45) is 4.99 Å². The Morgan fingerprint density at radius 2 is 1.93 bits per heavy atom. The second-order valence-electron chi connectivity index (χ2n) is 6.42. The van der Waals surface area contributed by atoms with E-state index in [-0.39, 0.29) is 18.3 Å². The summed E-state index contributed by atoms with van der Waals surface area (Å²) in [6.07, 6.45) is 1.64. The predicted molar refractivity (Wildman–Crippen MR) is 107 cm³/mol. The van der Waals surface area contributed by atoms with Gasteiger partial charge in [0.25, 0.3) is 0 Å². The van der Waals surface area contributed by atoms with Crippen LogP contribution in [0.15, 0.2) is 53.5 Å². The first-order valence-corrected chi connectivity index (χ1v) is 9.32. The van der Waals surface area contributed by atoms with Crippen LogP contribution in [0.1, 0.15) is 18.1 Å². The van der Waals surface area contributed by atoms with Crippen molar-refractivity contribution >= 4 is 17.6 Å². The third-order valence-corrected chi connectivity index (χ3v) is 4.52. The summed E-state index contributed by atoms with van der Waals surface area (Å²) in [5, 5.41) is 6.37. The lowest BCUT2D eigenvalue weighted by atomic mass is 10.1. The predicted octanol–water partition coefficient (Wildman–Crippen LogP) is 2.51. The van der Waals surface area contributed by atoms with E-state index in [9.17, 15) is 9.18 Å². The molecule has 2 aromatic rings. The minimum absolute atomic E-state index is 0.00399. The second-order valence-corrected chi connectivity index (χ2v) is 6.42. The summed E-state index contributed by atoms with van der Waals surface area (Å²) >= 11 is 0. The number of aliphatic imine (C=N–C) groups is 1. The van der Waals surface area contributed by atoms with Gasteiger partial charge in [0.1, 0.15) is 12.4 Å². The number of fused-ring (bicyclic) bond motifs is 1. The van der Waals surface area contributed by atoms with Gasteiger partial charge < -0.3 is 15.5 Å². The minimum atomic E-state index is -0.233. The number of nitrogens with zero attached hydrogens (tertiary/aromatic N) is 2. The van der Waals surface area contributed by atoms with Crippen LogP contribution in [0.3, 0.4) is 0 Å². The lowest BCUT2D eigenvalue weighted by Crippen LogP contribution is -2.39. The molecule has 0 aliphatic carbocycles. The number of amides is 1. The molecule has 5 nitrogen and oxygen atoms in total. The van der Waals surface area contributed by atoms with Crippen molar-refractivity contribution in [1.82, 2.24) is 10.6 Å². The van der Waals surface area contributed by atoms with Gasteiger partial charge in [0.15, 0.2) is 5.96 Å². The van der Waals surface area contributed by atoms with Crippen molar-refractivity contribution in [3.8, 4) is 0 Å². The summed E-state index contributed by atoms with van der Waals surface area (Å²) in [7, 11) is 0. The maximum absolute atomic E-state index is 13.0. The summed E-state index contributed by atoms with van der Waals surface area (Å²) in [6.45, 7) is 4.15. The van der Waals surface area contributed by atoms with E-state index in [1.54, 1.807) is 17.0 Å². The van der Waals surface area contributed by atoms with Crippen LogP contribution >= 0.6 is 0 Å². The number of anilines is 1. The molecule has 1 amide bonds. The van der Waals surface area contributed by atoms with Crippen molar-refractivity contribution < 1.29 is 9.18 Å². The normalized spacial score (nSPS) is 13.4. The Bertz CT molecular complexity index is 804. The molecule has 0 atom stereocenters. The van der Waals surface area contributed by atoms with Crippen LogP contribution in [0.4, 0.5) is 10.1 Å². The Labute approximate surface area is 159 Å². The average Bonchev–Trinajstić information content (AvgIpc) is 3.11. The first-order chi connectivity index (χ1) is 13.2. The Balaban J connectivity index is 1.54. The van der Waals surface area contributed by atoms with Crippen LogP contribution in [0.2, 0.25) is 0 Å². The number of rotatable bonds is 6. The lowest BCUT2D eigenvalue weighted by molar-refractivity contribution is -0.117. The summed E-state index contributed by atoms with van der Waals surface area (Å²) in [6, 6.07) is 14.5. The molecule has 3 rings (SSSR count). The Morgan fingerprint density at radius 3 is 2.70 bits per heavy atom. The van der Waals surface area contributed by atoms with Gasteiger partial charge in [-0.2, -0.15) is 0 Å². The molecule has 142 valence electrons. The van der Waals surface area contributed by atoms with E-state index in [1.165, 1.54) is 17.7 Å². The fourth-order valence-corrected chi connectivity index (χ4v) is 3.15. The lowest BCUT2D eigenvalue weighted by Gasteiger charge is -2.17. The van der Waals surface area contributed by atoms with Gasteiger partial charge in [0.2, 0.25) is 5.91 Å². The van der Waals surface area contributed by atoms with Gasteiger partial charge in [-0.1, -0.05) is 30.3 Å². The molecule has 0 spiro atoms. The SMILES string of the molecule is CCNC(=NCC(=O)N1CCc2ccccc21)NCCc1ccc(F)cc1. The average molecular weight is 368 g/mol. The summed E-state index contributed by atoms with van der Waals surface area (Å²) in [5.41, 5.74) is 3.25. The van der Waals surface area contributed by atoms with E-state index in [4.69, 9.17) is 0 Å². The maximum atomic E-state index is 13.0. The van der Waals surface area contributed by atoms with Crippen LogP contribution < -0.4 is 15.5 Å². The summed E-state index contributed by atoms with van der Waals surface area (Å²) in [5.74, 6) is 0.375. The summed E-state index contributed by atoms with van der Waals surface area (Å²) < 4.78 is 13.0. The van der Waals surface area contributed by atoms with Gasteiger partial charge in [-0.25, -0.2) is 9.38 Å². The minimum Gasteiger partial charge on any atom is -0.357 e. The van der Waals surface area contributed by atoms with Crippen molar-refractivity contribution in [2.45, 2.75) is 19.8 Å². The zero-order chi connectivity index (χ0) is 19.1. The number of halogens is 1. The molecule has 0 saturated heterocycles. The topological polar surface area (TPSA) is 56.7 Å². The smallest absolute Gasteiger partial charge is 0.248 e. The fraction of sp³-hybridized carbons (Fsp3) is 0.333. The fourth-order valence-electron chi connectivity index (χ4n) is 3.15. The van der Waals surface area contributed by atoms with Gasteiger partial charge in [-0.05, 0) is 49.1 Å². The second kappa shape index (κ2) is 9.16. The first kappa shape index (κ1) is 18.9. The highest BCUT2D eigenvalue weighted by molar-refractivity contribution is 5.98. The van der Waals surface area contributed by atoms with E-state index < -0.39 is 0 Å². The molecule has 2 N–H and O–H groups in total. The van der Waals surface area contributed by atoms with E-state index in [0.717, 1.165) is 24.1 Å². The molecule has 0 saturated carbocycles. The zero-order valence-electron chi connectivity index (χ0n) is 15.5. The molecule has 0 bridgehead atoms. The number of benzene rings is 2. The molecule has 6 heteroatoms. The third-order valence-electron chi connectivity index (χ3n) is 4.52. The maximum Gasteiger partial charge on any atom is 0.248 e. The molecule has 1 heterocycles. The molecular weight excluding hydrogens is 343 g/mol. The van der Waals surface area contributed by atoms with Gasteiger partial charge >= 0.3 is 0 Å². The summed E-state index contributed by atoms with van der Waals surface area (Å²) in [4.78, 5) is 18.8. The molecule has 0 aromatic heterocycles. The van der Waals surface area contributed by atoms with Crippen molar-refractivity contribution in [2.75, 3.05) is 31.1 Å². The number of nitrogens with one attached hydrogen (secondary N) is 2. The van der Waals surface area contributed by atoms with Gasteiger partial charge in [0, 0.05) is 25.3 Å². The van der Waals surface area contributed by atoms with E-state index in [0.29, 0.717) is 25.6 Å². The standard InChI is InChI=1S/C21H25FN4O/c1-2-23-21(24-13-11-16-7-9-18(22)10-8-16)25-15-20(27)26-14-12-17-5-3-4-6-19(17)26/h3-10H,2,11-15H2,1H3,(H2,23,24,25). The quantitative estimate of drug-likeness (QED) is 0.609. The molecule has 27 heavy (non-hydrogen) atoms. The molecule has 1 aliphatic heterocycles. The largest absolute Gasteiger partial charge is 0.357 e. The number of para-hydroxylation sites is 1. The third kappa shape index (κ3) is 5.06. The van der Waals surface area contributed by atoms with Crippen LogP contribution in [0, 0.1) is 5.82 Å². The van der Waals surface area contributed by atoms with Crippen molar-refractivity contribution in [1.29, 1.82) is 0 Å². The Hall–Kier alpha value is -2.89. The van der Waals surface area contributed by atoms with Gasteiger partial charge in [-0.15, -0.1) is 0 Å². The monoisotopic (exact) mass is 368 g/mol. The number of hydrogen-bond acceptors (Lipinski definition) is 2. The Kier molecular flexibility index (Phi) is 6.41. The van der Waals surface area contributed by atoms with Gasteiger partial charge in [-0.3, -0.25) is 4.79 Å². The molecule has 0 radical (unpaired) electrons. The van der Waals surface area contributed by atoms with E-state index in [1.807, 2.05) is 25.1 Å². The number of carbonyl (C=O) groups excluding carboxylic acids is 1. The van der Waals surface area contributed by atoms with E-state index >= 15 is 0 Å². The molecular formula is C21H25FN4O. The highest BCUT2D eigenvalue weighted by Gasteiger charge is 2.23. The van der Waals surface area contributed by atoms with Gasteiger partial charge in [0.05, 0.1) is 0 Å². The van der Waals surface area contributed by atoms with Crippen molar-refractivity contribution in [3.63, 3.8) is 0 Å². The van der Waals surface area contributed by atoms with Crippen LogP contribution in [-0.2, 0) is 17.6 Å². The van der Waals surface area contributed by atoms with E-state index in [2.05, 4.69) is 21.7 Å². The van der Waals surface area contributed by atoms with Crippen LogP contribution in [-0.4, -0.2) is 38.0 Å². The van der Waals surface area contributed by atoms with Crippen LogP contribution in [0.25, 0.3) is 0 Å². The van der Waals surface area contributed by atoms with Crippen molar-refractivity contribution in [3.05, 3.63) is 65.5 Å². The molecule has 0 fully saturated rings. The number of carbonyl (C=O) groups is 1. The first-order valence-electron chi connectivity index (χ1n) is 9.32. The molecule has 0 unspecified atom stereocenters. The zero-order valence-corrected chi connectivity index (χ0v) is 15.5. The number of hydrogen-bond donors (Lipinski definition) is 2. The van der Waals surface area contributed by atoms with Crippen LogP contribution in [0.5, 0.6) is 0 Å². The Morgan fingerprint density at radius 1 is 1.15 bits per heavy atom. The molecule has 1 aliphatic rings. The highest BCUT2D eigenvalue weighted by atomic mass is 19.1.